The first-order valence-electron chi connectivity index (χ1n) is 22.8. The molecule has 18 heteroatoms. The van der Waals surface area contributed by atoms with E-state index in [0.29, 0.717) is 38.5 Å². The van der Waals surface area contributed by atoms with Gasteiger partial charge in [0, 0.05) is 31.1 Å². The van der Waals surface area contributed by atoms with Crippen LogP contribution in [0, 0.1) is 11.8 Å². The first-order chi connectivity index (χ1) is 29.6. The molecule has 0 spiro atoms. The summed E-state index contributed by atoms with van der Waals surface area (Å²) >= 11 is 0. The summed E-state index contributed by atoms with van der Waals surface area (Å²) in [5.41, 5.74) is 0. The van der Waals surface area contributed by atoms with Gasteiger partial charge in [0.25, 0.3) is 0 Å². The summed E-state index contributed by atoms with van der Waals surface area (Å²) in [4.78, 5) is 65.5. The fourth-order valence-corrected chi connectivity index (χ4v) is 8.04. The maximum atomic E-state index is 12.7. The SMILES string of the molecule is CCCCCC/C=C\C=C/CCCCCCCC(=O)O[C@H](COC(=O)CCCCCC[C@H]1C(=O)C[C@@H](O)[C@@H]1/C=C/[C@@H](O)CCCCC)COP(=O)(O)OC[C@@H](O)COP(=O)(O)O. The van der Waals surface area contributed by atoms with Crippen LogP contribution in [0.2, 0.25) is 0 Å². The number of hydrogen-bond acceptors (Lipinski definition) is 13. The Hall–Kier alpha value is -2.07. The molecule has 0 aromatic carbocycles. The van der Waals surface area contributed by atoms with E-state index in [2.05, 4.69) is 47.2 Å². The van der Waals surface area contributed by atoms with Crippen molar-refractivity contribution >= 4 is 33.4 Å². The van der Waals surface area contributed by atoms with Crippen LogP contribution in [0.5, 0.6) is 0 Å². The number of phosphoric ester groups is 2. The lowest BCUT2D eigenvalue weighted by molar-refractivity contribution is -0.161. The first kappa shape index (κ1) is 57.9. The largest absolute Gasteiger partial charge is 0.472 e. The van der Waals surface area contributed by atoms with Crippen molar-refractivity contribution in [3.8, 4) is 0 Å². The predicted octanol–water partition coefficient (Wildman–Crippen LogP) is 8.26. The van der Waals surface area contributed by atoms with Gasteiger partial charge in [-0.25, -0.2) is 9.13 Å². The van der Waals surface area contributed by atoms with E-state index in [1.165, 1.54) is 25.7 Å². The molecule has 0 bridgehead atoms. The van der Waals surface area contributed by atoms with E-state index in [1.807, 2.05) is 0 Å². The molecule has 1 fully saturated rings. The number of ketones is 1. The number of ether oxygens (including phenoxy) is 2. The molecule has 7 atom stereocenters. The number of allylic oxidation sites excluding steroid dienone is 4. The summed E-state index contributed by atoms with van der Waals surface area (Å²) in [5.74, 6) is -1.86. The number of Topliss-reactive ketones (excluding diaryl/α,β-unsaturated/α-hetero) is 1. The van der Waals surface area contributed by atoms with Crippen LogP contribution in [0.25, 0.3) is 0 Å². The quantitative estimate of drug-likeness (QED) is 0.0112. The topological polar surface area (TPSA) is 253 Å². The van der Waals surface area contributed by atoms with Gasteiger partial charge in [0.1, 0.15) is 18.5 Å². The van der Waals surface area contributed by atoms with E-state index < -0.39 is 78.4 Å². The Bertz CT molecular complexity index is 1400. The number of rotatable bonds is 39. The average molecular weight is 925 g/mol. The third kappa shape index (κ3) is 31.7. The van der Waals surface area contributed by atoms with Gasteiger partial charge < -0.3 is 39.5 Å². The summed E-state index contributed by atoms with van der Waals surface area (Å²) < 4.78 is 47.8. The number of esters is 2. The van der Waals surface area contributed by atoms with Gasteiger partial charge in [-0.3, -0.25) is 28.0 Å². The second-order valence-electron chi connectivity index (χ2n) is 16.1. The van der Waals surface area contributed by atoms with Gasteiger partial charge in [0.05, 0.1) is 32.0 Å². The van der Waals surface area contributed by atoms with Gasteiger partial charge >= 0.3 is 27.6 Å². The molecule has 1 rings (SSSR count). The molecule has 0 aliphatic heterocycles. The van der Waals surface area contributed by atoms with Gasteiger partial charge in [0.15, 0.2) is 6.10 Å². The summed E-state index contributed by atoms with van der Waals surface area (Å²) in [6.07, 6.45) is 26.1. The predicted molar refractivity (Wildman–Crippen MR) is 236 cm³/mol. The van der Waals surface area contributed by atoms with E-state index in [4.69, 9.17) is 23.8 Å². The molecular weight excluding hydrogens is 846 g/mol. The van der Waals surface area contributed by atoms with E-state index in [1.54, 1.807) is 12.2 Å². The molecule has 0 radical (unpaired) electrons. The van der Waals surface area contributed by atoms with Crippen molar-refractivity contribution in [1.82, 2.24) is 0 Å². The molecule has 0 aromatic rings. The van der Waals surface area contributed by atoms with Crippen molar-refractivity contribution < 1.29 is 76.6 Å². The van der Waals surface area contributed by atoms with Gasteiger partial charge in [-0.1, -0.05) is 127 Å². The van der Waals surface area contributed by atoms with Crippen LogP contribution < -0.4 is 0 Å². The van der Waals surface area contributed by atoms with Crippen molar-refractivity contribution in [1.29, 1.82) is 0 Å². The molecule has 62 heavy (non-hydrogen) atoms. The zero-order valence-corrected chi connectivity index (χ0v) is 39.0. The lowest BCUT2D eigenvalue weighted by Crippen LogP contribution is -2.30. The van der Waals surface area contributed by atoms with Crippen molar-refractivity contribution in [2.45, 2.75) is 186 Å². The van der Waals surface area contributed by atoms with Crippen LogP contribution >= 0.6 is 15.6 Å². The Kier molecular flexibility index (Phi) is 32.9. The van der Waals surface area contributed by atoms with Crippen LogP contribution in [-0.2, 0) is 46.6 Å². The first-order valence-corrected chi connectivity index (χ1v) is 25.8. The Balaban J connectivity index is 2.54. The maximum absolute atomic E-state index is 12.7. The highest BCUT2D eigenvalue weighted by Crippen LogP contribution is 2.44. The van der Waals surface area contributed by atoms with Gasteiger partial charge in [0.2, 0.25) is 0 Å². The minimum Gasteiger partial charge on any atom is -0.462 e. The van der Waals surface area contributed by atoms with Crippen LogP contribution in [-0.4, -0.2) is 98.6 Å². The highest BCUT2D eigenvalue weighted by Gasteiger charge is 2.39. The monoisotopic (exact) mass is 924 g/mol. The molecule has 0 amide bonds. The minimum absolute atomic E-state index is 0.00999. The number of unbranched alkanes of at least 4 members (excludes halogenated alkanes) is 14. The fraction of sp³-hybridized carbons (Fsp3) is 0.795. The second kappa shape index (κ2) is 35.2. The summed E-state index contributed by atoms with van der Waals surface area (Å²) in [6.45, 7) is 1.35. The van der Waals surface area contributed by atoms with Gasteiger partial charge in [-0.15, -0.1) is 0 Å². The van der Waals surface area contributed by atoms with E-state index in [-0.39, 0.29) is 36.9 Å². The minimum atomic E-state index is -4.90. The van der Waals surface area contributed by atoms with E-state index in [9.17, 15) is 43.7 Å². The molecule has 6 N–H and O–H groups in total. The normalized spacial score (nSPS) is 19.7. The van der Waals surface area contributed by atoms with Crippen LogP contribution in [0.15, 0.2) is 36.5 Å². The van der Waals surface area contributed by atoms with Crippen molar-refractivity contribution in [2.75, 3.05) is 26.4 Å². The maximum Gasteiger partial charge on any atom is 0.472 e. The summed E-state index contributed by atoms with van der Waals surface area (Å²) in [5, 5.41) is 30.5. The molecule has 0 aromatic heterocycles. The molecule has 0 saturated heterocycles. The lowest BCUT2D eigenvalue weighted by Gasteiger charge is -2.20. The molecule has 16 nitrogen and oxygen atoms in total. The number of aliphatic hydroxyl groups excluding tert-OH is 3. The molecule has 1 saturated carbocycles. The van der Waals surface area contributed by atoms with E-state index in [0.717, 1.165) is 64.2 Å². The average Bonchev–Trinajstić information content (AvgIpc) is 3.49. The molecule has 0 heterocycles. The van der Waals surface area contributed by atoms with E-state index >= 15 is 0 Å². The standard InChI is InChI=1S/C44H78O16P2/c1-3-5-7-8-9-10-11-12-13-14-15-16-17-18-24-28-44(50)60-38(35-59-62(54,55)58-33-37(46)32-57-61(51,52)53)34-56-43(49)27-23-20-19-22-26-39-40(42(48)31-41(39)47)30-29-36(45)25-21-6-4-2/h10-13,29-30,36-40,42,45-46,48H,3-9,14-28,31-35H2,1-2H3,(H,54,55)(H2,51,52,53)/b11-10-,13-12-,30-29+/t36-,37-,38+,39+,40+,42+/m0/s1. The third-order valence-electron chi connectivity index (χ3n) is 10.4. The molecule has 360 valence electrons. The van der Waals surface area contributed by atoms with Crippen LogP contribution in [0.1, 0.15) is 162 Å². The van der Waals surface area contributed by atoms with Crippen molar-refractivity contribution in [2.24, 2.45) is 11.8 Å². The highest BCUT2D eigenvalue weighted by molar-refractivity contribution is 7.47. The molecule has 1 aliphatic carbocycles. The smallest absolute Gasteiger partial charge is 0.462 e. The van der Waals surface area contributed by atoms with Crippen LogP contribution in [0.4, 0.5) is 0 Å². The molecule has 1 unspecified atom stereocenters. The lowest BCUT2D eigenvalue weighted by atomic mass is 9.88. The number of carbonyl (C=O) groups is 3. The van der Waals surface area contributed by atoms with Crippen molar-refractivity contribution in [3.63, 3.8) is 0 Å². The van der Waals surface area contributed by atoms with Gasteiger partial charge in [-0.2, -0.15) is 0 Å². The number of carbonyl (C=O) groups excluding carboxylic acids is 3. The Morgan fingerprint density at radius 3 is 1.90 bits per heavy atom. The third-order valence-corrected chi connectivity index (χ3v) is 11.9. The van der Waals surface area contributed by atoms with Crippen LogP contribution in [0.3, 0.4) is 0 Å². The Morgan fingerprint density at radius 2 is 1.26 bits per heavy atom. The summed E-state index contributed by atoms with van der Waals surface area (Å²) in [6, 6.07) is 0. The van der Waals surface area contributed by atoms with Gasteiger partial charge in [-0.05, 0) is 51.4 Å². The molecule has 1 aliphatic rings. The number of aliphatic hydroxyl groups is 3. The summed E-state index contributed by atoms with van der Waals surface area (Å²) in [7, 11) is -9.77. The second-order valence-corrected chi connectivity index (χ2v) is 18.8. The Labute approximate surface area is 369 Å². The molecular formula is C44H78O16P2. The highest BCUT2D eigenvalue weighted by atomic mass is 31.2. The number of hydrogen-bond donors (Lipinski definition) is 6. The number of phosphoric acid groups is 2. The Morgan fingerprint density at radius 1 is 0.710 bits per heavy atom. The fourth-order valence-electron chi connectivity index (χ4n) is 6.88. The zero-order valence-electron chi connectivity index (χ0n) is 37.2. The zero-order chi connectivity index (χ0) is 46.1. The van der Waals surface area contributed by atoms with Crippen molar-refractivity contribution in [3.05, 3.63) is 36.5 Å².